The zero-order chi connectivity index (χ0) is 14.7. The molecule has 0 radical (unpaired) electrons. The molecule has 2 rings (SSSR count). The molecule has 0 saturated heterocycles. The maximum atomic E-state index is 10.5. The highest BCUT2D eigenvalue weighted by molar-refractivity contribution is 7.09. The molecule has 0 spiro atoms. The predicted molar refractivity (Wildman–Crippen MR) is 78.2 cm³/mol. The Bertz CT molecular complexity index is 564. The summed E-state index contributed by atoms with van der Waals surface area (Å²) in [6, 6.07) is 0. The van der Waals surface area contributed by atoms with Crippen LogP contribution in [0.5, 0.6) is 5.75 Å². The molecule has 6 nitrogen and oxygen atoms in total. The molecule has 0 saturated carbocycles. The Morgan fingerprint density at radius 2 is 2.25 bits per heavy atom. The van der Waals surface area contributed by atoms with Crippen LogP contribution >= 0.6 is 11.3 Å². The molecule has 1 unspecified atom stereocenters. The summed E-state index contributed by atoms with van der Waals surface area (Å²) in [7, 11) is 5.58. The topological polar surface area (TPSA) is 63.4 Å². The van der Waals surface area contributed by atoms with Gasteiger partial charge in [0.15, 0.2) is 11.9 Å². The molecular weight excluding hydrogens is 276 g/mol. The van der Waals surface area contributed by atoms with E-state index in [4.69, 9.17) is 4.74 Å². The van der Waals surface area contributed by atoms with Crippen molar-refractivity contribution in [2.75, 3.05) is 27.7 Å². The van der Waals surface area contributed by atoms with E-state index in [9.17, 15) is 5.11 Å². The highest BCUT2D eigenvalue weighted by atomic mass is 32.1. The van der Waals surface area contributed by atoms with Crippen LogP contribution in [0, 0.1) is 6.92 Å². The minimum absolute atomic E-state index is 0.587. The SMILES string of the molecule is COc1cnn(CCN(C)C)c1C(O)c1nc(C)cs1. The van der Waals surface area contributed by atoms with E-state index in [0.717, 1.165) is 12.2 Å². The third-order valence-electron chi connectivity index (χ3n) is 2.95. The first-order chi connectivity index (χ1) is 9.52. The molecule has 1 atom stereocenters. The maximum absolute atomic E-state index is 10.5. The molecule has 110 valence electrons. The Morgan fingerprint density at radius 1 is 1.50 bits per heavy atom. The van der Waals surface area contributed by atoms with Crippen LogP contribution in [0.4, 0.5) is 0 Å². The van der Waals surface area contributed by atoms with Crippen LogP contribution in [-0.2, 0) is 6.54 Å². The number of methoxy groups -OCH3 is 1. The van der Waals surface area contributed by atoms with Crippen molar-refractivity contribution in [1.29, 1.82) is 0 Å². The molecule has 0 fully saturated rings. The first kappa shape index (κ1) is 15.0. The Balaban J connectivity index is 2.30. The number of hydrogen-bond acceptors (Lipinski definition) is 6. The van der Waals surface area contributed by atoms with Crippen molar-refractivity contribution in [1.82, 2.24) is 19.7 Å². The Labute approximate surface area is 122 Å². The van der Waals surface area contributed by atoms with E-state index < -0.39 is 6.10 Å². The lowest BCUT2D eigenvalue weighted by atomic mass is 10.2. The lowest BCUT2D eigenvalue weighted by molar-refractivity contribution is 0.199. The van der Waals surface area contributed by atoms with E-state index in [1.807, 2.05) is 26.4 Å². The average Bonchev–Trinajstić information content (AvgIpc) is 3.01. The summed E-state index contributed by atoms with van der Waals surface area (Å²) >= 11 is 1.44. The number of hydrogen-bond donors (Lipinski definition) is 1. The van der Waals surface area contributed by atoms with Gasteiger partial charge in [0.2, 0.25) is 0 Å². The van der Waals surface area contributed by atoms with Gasteiger partial charge in [0, 0.05) is 17.6 Å². The maximum Gasteiger partial charge on any atom is 0.163 e. The summed E-state index contributed by atoms with van der Waals surface area (Å²) in [4.78, 5) is 6.41. The second-order valence-electron chi connectivity index (χ2n) is 4.85. The van der Waals surface area contributed by atoms with Crippen molar-refractivity contribution in [2.24, 2.45) is 0 Å². The molecule has 0 aliphatic rings. The van der Waals surface area contributed by atoms with Gasteiger partial charge in [-0.1, -0.05) is 0 Å². The lowest BCUT2D eigenvalue weighted by Gasteiger charge is -2.15. The summed E-state index contributed by atoms with van der Waals surface area (Å²) < 4.78 is 7.08. The van der Waals surface area contributed by atoms with Gasteiger partial charge in [-0.2, -0.15) is 5.10 Å². The molecule has 2 heterocycles. The molecule has 2 aromatic heterocycles. The van der Waals surface area contributed by atoms with Gasteiger partial charge in [-0.05, 0) is 21.0 Å². The minimum Gasteiger partial charge on any atom is -0.493 e. The van der Waals surface area contributed by atoms with Gasteiger partial charge in [0.1, 0.15) is 10.7 Å². The van der Waals surface area contributed by atoms with E-state index in [0.29, 0.717) is 23.0 Å². The van der Waals surface area contributed by atoms with Crippen molar-refractivity contribution in [3.05, 3.63) is 28.0 Å². The standard InChI is InChI=1S/C13H20N4O2S/c1-9-8-20-13(15-9)12(18)11-10(19-4)7-14-17(11)6-5-16(2)3/h7-8,12,18H,5-6H2,1-4H3. The molecule has 2 aromatic rings. The number of aryl methyl sites for hydroxylation is 1. The number of rotatable bonds is 6. The van der Waals surface area contributed by atoms with Crippen molar-refractivity contribution < 1.29 is 9.84 Å². The van der Waals surface area contributed by atoms with Crippen LogP contribution in [0.1, 0.15) is 22.5 Å². The second kappa shape index (κ2) is 6.34. The third kappa shape index (κ3) is 3.17. The number of likely N-dealkylation sites (N-methyl/N-ethyl adjacent to an activating group) is 1. The highest BCUT2D eigenvalue weighted by Gasteiger charge is 2.23. The molecule has 0 bridgehead atoms. The van der Waals surface area contributed by atoms with Gasteiger partial charge >= 0.3 is 0 Å². The summed E-state index contributed by atoms with van der Waals surface area (Å²) in [6.07, 6.45) is 0.822. The fourth-order valence-electron chi connectivity index (χ4n) is 1.90. The largest absolute Gasteiger partial charge is 0.493 e. The summed E-state index contributed by atoms with van der Waals surface area (Å²) in [5.74, 6) is 0.587. The fraction of sp³-hybridized carbons (Fsp3) is 0.538. The van der Waals surface area contributed by atoms with Crippen LogP contribution in [-0.4, -0.2) is 52.5 Å². The Hall–Kier alpha value is -1.44. The first-order valence-electron chi connectivity index (χ1n) is 6.37. The number of nitrogens with zero attached hydrogens (tertiary/aromatic N) is 4. The normalized spacial score (nSPS) is 12.9. The van der Waals surface area contributed by atoms with Crippen molar-refractivity contribution in [2.45, 2.75) is 19.6 Å². The van der Waals surface area contributed by atoms with Gasteiger partial charge in [-0.15, -0.1) is 11.3 Å². The zero-order valence-electron chi connectivity index (χ0n) is 12.2. The van der Waals surface area contributed by atoms with Crippen LogP contribution in [0.25, 0.3) is 0 Å². The smallest absolute Gasteiger partial charge is 0.163 e. The fourth-order valence-corrected chi connectivity index (χ4v) is 2.68. The van der Waals surface area contributed by atoms with E-state index in [2.05, 4.69) is 15.0 Å². The molecule has 20 heavy (non-hydrogen) atoms. The van der Waals surface area contributed by atoms with Crippen molar-refractivity contribution in [3.8, 4) is 5.75 Å². The van der Waals surface area contributed by atoms with Gasteiger partial charge in [0.05, 0.1) is 19.9 Å². The number of thiazole rings is 1. The van der Waals surface area contributed by atoms with Crippen LogP contribution in [0.15, 0.2) is 11.6 Å². The number of aliphatic hydroxyl groups is 1. The first-order valence-corrected chi connectivity index (χ1v) is 7.25. The van der Waals surface area contributed by atoms with Crippen molar-refractivity contribution >= 4 is 11.3 Å². The quantitative estimate of drug-likeness (QED) is 0.870. The van der Waals surface area contributed by atoms with Crippen LogP contribution < -0.4 is 4.74 Å². The average molecular weight is 296 g/mol. The number of ether oxygens (including phenoxy) is 1. The summed E-state index contributed by atoms with van der Waals surface area (Å²) in [6.45, 7) is 3.43. The molecular formula is C13H20N4O2S. The van der Waals surface area contributed by atoms with E-state index in [1.54, 1.807) is 18.0 Å². The molecule has 0 amide bonds. The van der Waals surface area contributed by atoms with Crippen LogP contribution in [0.3, 0.4) is 0 Å². The molecule has 0 aliphatic heterocycles. The number of aliphatic hydroxyl groups excluding tert-OH is 1. The third-order valence-corrected chi connectivity index (χ3v) is 3.97. The molecule has 0 aliphatic carbocycles. The lowest BCUT2D eigenvalue weighted by Crippen LogP contribution is -2.21. The van der Waals surface area contributed by atoms with E-state index in [-0.39, 0.29) is 0 Å². The van der Waals surface area contributed by atoms with E-state index in [1.165, 1.54) is 11.3 Å². The van der Waals surface area contributed by atoms with Gasteiger partial charge in [-0.25, -0.2) is 4.98 Å². The number of aromatic nitrogens is 3. The predicted octanol–water partition coefficient (Wildman–Crippen LogP) is 1.30. The summed E-state index contributed by atoms with van der Waals surface area (Å²) in [5.41, 5.74) is 1.56. The summed E-state index contributed by atoms with van der Waals surface area (Å²) in [5, 5.41) is 17.4. The monoisotopic (exact) mass is 296 g/mol. The minimum atomic E-state index is -0.812. The molecule has 0 aromatic carbocycles. The molecule has 1 N–H and O–H groups in total. The van der Waals surface area contributed by atoms with Gasteiger partial charge in [-0.3, -0.25) is 4.68 Å². The molecule has 7 heteroatoms. The van der Waals surface area contributed by atoms with Gasteiger partial charge in [0.25, 0.3) is 0 Å². The van der Waals surface area contributed by atoms with Crippen LogP contribution in [0.2, 0.25) is 0 Å². The van der Waals surface area contributed by atoms with Gasteiger partial charge < -0.3 is 14.7 Å². The zero-order valence-corrected chi connectivity index (χ0v) is 13.0. The Morgan fingerprint density at radius 3 is 2.80 bits per heavy atom. The highest BCUT2D eigenvalue weighted by Crippen LogP contribution is 2.31. The van der Waals surface area contributed by atoms with E-state index >= 15 is 0 Å². The Kier molecular flexibility index (Phi) is 4.74. The second-order valence-corrected chi connectivity index (χ2v) is 5.74. The van der Waals surface area contributed by atoms with Crippen molar-refractivity contribution in [3.63, 3.8) is 0 Å².